The molecule has 0 aliphatic rings. The van der Waals surface area contributed by atoms with Gasteiger partial charge in [-0.05, 0) is 6.42 Å². The topological polar surface area (TPSA) is 55.4 Å². The van der Waals surface area contributed by atoms with Gasteiger partial charge >= 0.3 is 11.9 Å². The zero-order valence-corrected chi connectivity index (χ0v) is 12.8. The Bertz CT molecular complexity index is 277. The van der Waals surface area contributed by atoms with E-state index in [-0.39, 0.29) is 6.54 Å². The molecular weight excluding hydrogens is 254 g/mol. The van der Waals surface area contributed by atoms with E-state index in [0.29, 0.717) is 6.61 Å². The Morgan fingerprint density at radius 2 is 1.55 bits per heavy atom. The lowest BCUT2D eigenvalue weighted by Crippen LogP contribution is -2.32. The molecule has 1 amide bonds. The van der Waals surface area contributed by atoms with E-state index in [2.05, 4.69) is 18.8 Å². The van der Waals surface area contributed by atoms with Crippen molar-refractivity contribution in [1.29, 1.82) is 0 Å². The zero-order chi connectivity index (χ0) is 15.1. The van der Waals surface area contributed by atoms with Crippen LogP contribution in [0.15, 0.2) is 12.7 Å². The van der Waals surface area contributed by atoms with Gasteiger partial charge < -0.3 is 10.1 Å². The SMILES string of the molecule is C=CCNC(=O)C(=O)OCCCCCCCCCCC. The molecule has 0 aromatic heterocycles. The number of ether oxygens (including phenoxy) is 1. The minimum absolute atomic E-state index is 0.284. The molecule has 0 spiro atoms. The lowest BCUT2D eigenvalue weighted by Gasteiger charge is -2.05. The van der Waals surface area contributed by atoms with Crippen LogP contribution in [0.4, 0.5) is 0 Å². The minimum atomic E-state index is -0.800. The summed E-state index contributed by atoms with van der Waals surface area (Å²) < 4.78 is 4.88. The van der Waals surface area contributed by atoms with Gasteiger partial charge in [-0.1, -0.05) is 64.4 Å². The third kappa shape index (κ3) is 11.8. The molecule has 0 aliphatic carbocycles. The number of carbonyl (C=O) groups excluding carboxylic acids is 2. The number of hydrogen-bond donors (Lipinski definition) is 1. The van der Waals surface area contributed by atoms with Crippen molar-refractivity contribution in [3.63, 3.8) is 0 Å². The van der Waals surface area contributed by atoms with E-state index in [1.54, 1.807) is 0 Å². The van der Waals surface area contributed by atoms with Crippen LogP contribution in [0.2, 0.25) is 0 Å². The van der Waals surface area contributed by atoms with Crippen LogP contribution in [0.1, 0.15) is 64.7 Å². The molecule has 4 nitrogen and oxygen atoms in total. The fourth-order valence-electron chi connectivity index (χ4n) is 1.88. The van der Waals surface area contributed by atoms with Crippen LogP contribution < -0.4 is 5.32 Å². The molecule has 1 N–H and O–H groups in total. The van der Waals surface area contributed by atoms with Gasteiger partial charge in [0.1, 0.15) is 0 Å². The predicted octanol–water partition coefficient (Wildman–Crippen LogP) is 3.36. The summed E-state index contributed by atoms with van der Waals surface area (Å²) in [5.41, 5.74) is 0. The molecule has 0 heterocycles. The number of amides is 1. The number of carbonyl (C=O) groups is 2. The van der Waals surface area contributed by atoms with E-state index in [0.717, 1.165) is 12.8 Å². The van der Waals surface area contributed by atoms with Crippen molar-refractivity contribution in [2.24, 2.45) is 0 Å². The van der Waals surface area contributed by atoms with Gasteiger partial charge in [-0.25, -0.2) is 4.79 Å². The van der Waals surface area contributed by atoms with Crippen LogP contribution in [-0.4, -0.2) is 25.0 Å². The molecule has 0 unspecified atom stereocenters. The Labute approximate surface area is 123 Å². The molecule has 0 rings (SSSR count). The van der Waals surface area contributed by atoms with E-state index >= 15 is 0 Å². The van der Waals surface area contributed by atoms with Crippen LogP contribution in [-0.2, 0) is 14.3 Å². The largest absolute Gasteiger partial charge is 0.459 e. The summed E-state index contributed by atoms with van der Waals surface area (Å²) in [5.74, 6) is -1.49. The van der Waals surface area contributed by atoms with E-state index in [9.17, 15) is 9.59 Å². The molecule has 116 valence electrons. The quantitative estimate of drug-likeness (QED) is 0.258. The molecule has 0 saturated heterocycles. The number of hydrogen-bond acceptors (Lipinski definition) is 3. The fraction of sp³-hybridized carbons (Fsp3) is 0.750. The number of nitrogens with one attached hydrogen (secondary N) is 1. The standard InChI is InChI=1S/C16H29NO3/c1-3-5-6-7-8-9-10-11-12-14-20-16(19)15(18)17-13-4-2/h4H,2-3,5-14H2,1H3,(H,17,18). The summed E-state index contributed by atoms with van der Waals surface area (Å²) in [5, 5.41) is 2.39. The first kappa shape index (κ1) is 18.7. The maximum Gasteiger partial charge on any atom is 0.396 e. The summed E-state index contributed by atoms with van der Waals surface area (Å²) >= 11 is 0. The second kappa shape index (κ2) is 14.1. The Morgan fingerprint density at radius 1 is 1.00 bits per heavy atom. The molecule has 0 saturated carbocycles. The summed E-state index contributed by atoms with van der Waals surface area (Å²) in [6.07, 6.45) is 12.4. The third-order valence-electron chi connectivity index (χ3n) is 3.07. The summed E-state index contributed by atoms with van der Waals surface area (Å²) in [4.78, 5) is 22.4. The normalized spacial score (nSPS) is 10.1. The van der Waals surface area contributed by atoms with Crippen molar-refractivity contribution < 1.29 is 14.3 Å². The van der Waals surface area contributed by atoms with Crippen molar-refractivity contribution in [3.05, 3.63) is 12.7 Å². The second-order valence-electron chi connectivity index (χ2n) is 4.96. The molecule has 0 atom stereocenters. The summed E-state index contributed by atoms with van der Waals surface area (Å²) in [6.45, 7) is 6.29. The average Bonchev–Trinajstić information content (AvgIpc) is 2.46. The summed E-state index contributed by atoms with van der Waals surface area (Å²) in [7, 11) is 0. The predicted molar refractivity (Wildman–Crippen MR) is 81.4 cm³/mol. The molecule has 0 aromatic carbocycles. The van der Waals surface area contributed by atoms with Crippen LogP contribution in [0.25, 0.3) is 0 Å². The molecule has 0 aliphatic heterocycles. The van der Waals surface area contributed by atoms with Crippen molar-refractivity contribution in [3.8, 4) is 0 Å². The minimum Gasteiger partial charge on any atom is -0.459 e. The lowest BCUT2D eigenvalue weighted by molar-refractivity contribution is -0.154. The lowest BCUT2D eigenvalue weighted by atomic mass is 10.1. The van der Waals surface area contributed by atoms with E-state index in [1.807, 2.05) is 0 Å². The van der Waals surface area contributed by atoms with E-state index < -0.39 is 11.9 Å². The highest BCUT2D eigenvalue weighted by atomic mass is 16.5. The van der Waals surface area contributed by atoms with Gasteiger partial charge in [-0.3, -0.25) is 4.79 Å². The molecular formula is C16H29NO3. The monoisotopic (exact) mass is 283 g/mol. The van der Waals surface area contributed by atoms with Gasteiger partial charge in [0.2, 0.25) is 0 Å². The van der Waals surface area contributed by atoms with Crippen LogP contribution in [0.5, 0.6) is 0 Å². The zero-order valence-electron chi connectivity index (χ0n) is 12.8. The number of unbranched alkanes of at least 4 members (excludes halogenated alkanes) is 8. The van der Waals surface area contributed by atoms with E-state index in [1.165, 1.54) is 51.0 Å². The molecule has 20 heavy (non-hydrogen) atoms. The highest BCUT2D eigenvalue weighted by Crippen LogP contribution is 2.09. The highest BCUT2D eigenvalue weighted by molar-refractivity contribution is 6.32. The van der Waals surface area contributed by atoms with Crippen molar-refractivity contribution >= 4 is 11.9 Å². The van der Waals surface area contributed by atoms with Crippen LogP contribution in [0.3, 0.4) is 0 Å². The first-order valence-electron chi connectivity index (χ1n) is 7.78. The van der Waals surface area contributed by atoms with Gasteiger partial charge in [0.05, 0.1) is 6.61 Å². The molecule has 0 bridgehead atoms. The van der Waals surface area contributed by atoms with Crippen LogP contribution >= 0.6 is 0 Å². The van der Waals surface area contributed by atoms with Gasteiger partial charge in [-0.15, -0.1) is 6.58 Å². The smallest absolute Gasteiger partial charge is 0.396 e. The van der Waals surface area contributed by atoms with Crippen molar-refractivity contribution in [2.45, 2.75) is 64.7 Å². The summed E-state index contributed by atoms with van der Waals surface area (Å²) in [6, 6.07) is 0. The Hall–Kier alpha value is -1.32. The fourth-order valence-corrected chi connectivity index (χ4v) is 1.88. The average molecular weight is 283 g/mol. The van der Waals surface area contributed by atoms with E-state index in [4.69, 9.17) is 4.74 Å². The van der Waals surface area contributed by atoms with Gasteiger partial charge in [0.15, 0.2) is 0 Å². The van der Waals surface area contributed by atoms with Gasteiger partial charge in [0.25, 0.3) is 0 Å². The van der Waals surface area contributed by atoms with Gasteiger partial charge in [-0.2, -0.15) is 0 Å². The first-order valence-corrected chi connectivity index (χ1v) is 7.78. The number of esters is 1. The maximum atomic E-state index is 11.2. The molecule has 0 radical (unpaired) electrons. The maximum absolute atomic E-state index is 11.2. The Kier molecular flexibility index (Phi) is 13.2. The molecule has 0 aromatic rings. The molecule has 0 fully saturated rings. The van der Waals surface area contributed by atoms with Crippen LogP contribution in [0, 0.1) is 0 Å². The number of rotatable bonds is 12. The van der Waals surface area contributed by atoms with Crippen molar-refractivity contribution in [1.82, 2.24) is 5.32 Å². The molecule has 4 heteroatoms. The highest BCUT2D eigenvalue weighted by Gasteiger charge is 2.13. The second-order valence-corrected chi connectivity index (χ2v) is 4.96. The Balaban J connectivity index is 3.28. The van der Waals surface area contributed by atoms with Crippen molar-refractivity contribution in [2.75, 3.05) is 13.2 Å². The third-order valence-corrected chi connectivity index (χ3v) is 3.07. The van der Waals surface area contributed by atoms with Gasteiger partial charge in [0, 0.05) is 6.54 Å². The Morgan fingerprint density at radius 3 is 2.10 bits per heavy atom. The first-order chi connectivity index (χ1) is 9.72.